The van der Waals surface area contributed by atoms with Crippen LogP contribution in [0, 0.1) is 25.2 Å². The fourth-order valence-electron chi connectivity index (χ4n) is 2.99. The molecule has 0 saturated heterocycles. The number of halogens is 1. The molecule has 152 valence electrons. The molecular formula is C26H24BrNO2. The van der Waals surface area contributed by atoms with Crippen LogP contribution in [0.4, 0.5) is 0 Å². The van der Waals surface area contributed by atoms with E-state index in [1.807, 2.05) is 56.3 Å². The van der Waals surface area contributed by atoms with E-state index in [1.54, 1.807) is 0 Å². The zero-order chi connectivity index (χ0) is 21.5. The molecule has 3 rings (SSSR count). The van der Waals surface area contributed by atoms with E-state index in [0.29, 0.717) is 30.3 Å². The van der Waals surface area contributed by atoms with Gasteiger partial charge in [-0.2, -0.15) is 5.26 Å². The van der Waals surface area contributed by atoms with Crippen molar-refractivity contribution < 1.29 is 9.47 Å². The zero-order valence-electron chi connectivity index (χ0n) is 17.4. The number of aryl methyl sites for hydroxylation is 2. The third kappa shape index (κ3) is 5.52. The molecule has 0 bridgehead atoms. The standard InChI is InChI=1S/C26H24BrNO2/c1-4-29-25-15-21(13-23(16-28)22-11-7-19(3)8-12-22)14-24(27)26(25)30-17-20-9-5-18(2)6-10-20/h5-15H,4,17H2,1-3H3/b23-13-. The van der Waals surface area contributed by atoms with Crippen LogP contribution in [0.15, 0.2) is 65.1 Å². The number of nitrogens with zero attached hydrogens (tertiary/aromatic N) is 1. The van der Waals surface area contributed by atoms with Crippen molar-refractivity contribution in [3.05, 3.63) is 93.0 Å². The molecule has 4 heteroatoms. The van der Waals surface area contributed by atoms with E-state index in [1.165, 1.54) is 5.56 Å². The van der Waals surface area contributed by atoms with Gasteiger partial charge in [-0.05, 0) is 71.6 Å². The monoisotopic (exact) mass is 461 g/mol. The molecule has 0 atom stereocenters. The summed E-state index contributed by atoms with van der Waals surface area (Å²) in [6.45, 7) is 6.99. The Bertz CT molecular complexity index is 1080. The summed E-state index contributed by atoms with van der Waals surface area (Å²) < 4.78 is 12.7. The van der Waals surface area contributed by atoms with E-state index >= 15 is 0 Å². The highest BCUT2D eigenvalue weighted by molar-refractivity contribution is 9.10. The van der Waals surface area contributed by atoms with Crippen molar-refractivity contribution in [3.63, 3.8) is 0 Å². The molecular weight excluding hydrogens is 438 g/mol. The van der Waals surface area contributed by atoms with Crippen LogP contribution in [0.5, 0.6) is 11.5 Å². The maximum Gasteiger partial charge on any atom is 0.175 e. The summed E-state index contributed by atoms with van der Waals surface area (Å²) in [6, 6.07) is 22.3. The fourth-order valence-corrected chi connectivity index (χ4v) is 3.57. The molecule has 0 aliphatic heterocycles. The van der Waals surface area contributed by atoms with Gasteiger partial charge in [-0.15, -0.1) is 0 Å². The summed E-state index contributed by atoms with van der Waals surface area (Å²) in [4.78, 5) is 0. The van der Waals surface area contributed by atoms with Crippen LogP contribution in [-0.2, 0) is 6.61 Å². The van der Waals surface area contributed by atoms with Crippen molar-refractivity contribution in [2.75, 3.05) is 6.61 Å². The van der Waals surface area contributed by atoms with Gasteiger partial charge in [-0.1, -0.05) is 59.7 Å². The molecule has 0 N–H and O–H groups in total. The van der Waals surface area contributed by atoms with E-state index in [2.05, 4.69) is 53.2 Å². The van der Waals surface area contributed by atoms with E-state index in [4.69, 9.17) is 9.47 Å². The minimum Gasteiger partial charge on any atom is -0.490 e. The second-order valence-corrected chi connectivity index (χ2v) is 7.93. The second-order valence-electron chi connectivity index (χ2n) is 7.07. The first-order chi connectivity index (χ1) is 14.5. The van der Waals surface area contributed by atoms with Gasteiger partial charge in [0.2, 0.25) is 0 Å². The highest BCUT2D eigenvalue weighted by Gasteiger charge is 2.13. The van der Waals surface area contributed by atoms with Crippen LogP contribution < -0.4 is 9.47 Å². The third-order valence-corrected chi connectivity index (χ3v) is 5.22. The Morgan fingerprint density at radius 3 is 2.20 bits per heavy atom. The summed E-state index contributed by atoms with van der Waals surface area (Å²) in [5.41, 5.74) is 5.81. The molecule has 0 fully saturated rings. The summed E-state index contributed by atoms with van der Waals surface area (Å²) in [6.07, 6.45) is 1.86. The summed E-state index contributed by atoms with van der Waals surface area (Å²) >= 11 is 3.61. The van der Waals surface area contributed by atoms with Gasteiger partial charge in [0.15, 0.2) is 11.5 Å². The Kier molecular flexibility index (Phi) is 7.32. The first-order valence-corrected chi connectivity index (χ1v) is 10.6. The zero-order valence-corrected chi connectivity index (χ0v) is 19.0. The number of ether oxygens (including phenoxy) is 2. The van der Waals surface area contributed by atoms with Gasteiger partial charge < -0.3 is 9.47 Å². The smallest absolute Gasteiger partial charge is 0.175 e. The number of nitriles is 1. The molecule has 0 spiro atoms. The molecule has 0 aliphatic rings. The number of hydrogen-bond acceptors (Lipinski definition) is 3. The molecule has 0 unspecified atom stereocenters. The Hall–Kier alpha value is -3.03. The lowest BCUT2D eigenvalue weighted by molar-refractivity contribution is 0.267. The molecule has 3 nitrogen and oxygen atoms in total. The highest BCUT2D eigenvalue weighted by Crippen LogP contribution is 2.38. The quantitative estimate of drug-likeness (QED) is 0.278. The normalized spacial score (nSPS) is 11.1. The first kappa shape index (κ1) is 21.7. The fraction of sp³-hybridized carbons (Fsp3) is 0.192. The number of allylic oxidation sites excluding steroid dienone is 1. The van der Waals surface area contributed by atoms with E-state index in [-0.39, 0.29) is 0 Å². The lowest BCUT2D eigenvalue weighted by Crippen LogP contribution is -2.01. The number of hydrogen-bond donors (Lipinski definition) is 0. The third-order valence-electron chi connectivity index (χ3n) is 4.63. The SMILES string of the molecule is CCOc1cc(/C=C(/C#N)c2ccc(C)cc2)cc(Br)c1OCc1ccc(C)cc1. The molecule has 30 heavy (non-hydrogen) atoms. The minimum absolute atomic E-state index is 0.445. The van der Waals surface area contributed by atoms with Gasteiger partial charge in [0.05, 0.1) is 22.7 Å². The lowest BCUT2D eigenvalue weighted by atomic mass is 10.0. The van der Waals surface area contributed by atoms with Gasteiger partial charge in [-0.25, -0.2) is 0 Å². The van der Waals surface area contributed by atoms with Gasteiger partial charge in [0.1, 0.15) is 6.61 Å². The van der Waals surface area contributed by atoms with Crippen molar-refractivity contribution in [2.24, 2.45) is 0 Å². The number of rotatable bonds is 7. The van der Waals surface area contributed by atoms with Gasteiger partial charge >= 0.3 is 0 Å². The van der Waals surface area contributed by atoms with Crippen molar-refractivity contribution >= 4 is 27.6 Å². The van der Waals surface area contributed by atoms with Crippen molar-refractivity contribution in [2.45, 2.75) is 27.4 Å². The first-order valence-electron chi connectivity index (χ1n) is 9.83. The predicted octanol–water partition coefficient (Wildman–Crippen LogP) is 7.11. The molecule has 0 aliphatic carbocycles. The topological polar surface area (TPSA) is 42.2 Å². The van der Waals surface area contributed by atoms with Crippen LogP contribution in [0.3, 0.4) is 0 Å². The van der Waals surface area contributed by atoms with Crippen molar-refractivity contribution in [3.8, 4) is 17.6 Å². The molecule has 0 aromatic heterocycles. The van der Waals surface area contributed by atoms with Crippen LogP contribution in [0.2, 0.25) is 0 Å². The van der Waals surface area contributed by atoms with Crippen molar-refractivity contribution in [1.82, 2.24) is 0 Å². The van der Waals surface area contributed by atoms with E-state index < -0.39 is 0 Å². The average Bonchev–Trinajstić information content (AvgIpc) is 2.73. The molecule has 0 amide bonds. The van der Waals surface area contributed by atoms with Crippen molar-refractivity contribution in [1.29, 1.82) is 5.26 Å². The minimum atomic E-state index is 0.445. The Balaban J connectivity index is 1.90. The van der Waals surface area contributed by atoms with E-state index in [9.17, 15) is 5.26 Å². The van der Waals surface area contributed by atoms with Gasteiger partial charge in [-0.3, -0.25) is 0 Å². The largest absolute Gasteiger partial charge is 0.490 e. The van der Waals surface area contributed by atoms with Crippen LogP contribution in [-0.4, -0.2) is 6.61 Å². The second kappa shape index (κ2) is 10.1. The Labute approximate surface area is 186 Å². The van der Waals surface area contributed by atoms with Crippen LogP contribution >= 0.6 is 15.9 Å². The molecule has 0 saturated carbocycles. The average molecular weight is 462 g/mol. The predicted molar refractivity (Wildman–Crippen MR) is 125 cm³/mol. The van der Waals surface area contributed by atoms with Crippen LogP contribution in [0.1, 0.15) is 34.7 Å². The summed E-state index contributed by atoms with van der Waals surface area (Å²) in [7, 11) is 0. The maximum atomic E-state index is 9.65. The highest BCUT2D eigenvalue weighted by atomic mass is 79.9. The molecule has 0 radical (unpaired) electrons. The molecule has 3 aromatic rings. The maximum absolute atomic E-state index is 9.65. The van der Waals surface area contributed by atoms with Gasteiger partial charge in [0, 0.05) is 0 Å². The summed E-state index contributed by atoms with van der Waals surface area (Å²) in [5.74, 6) is 1.30. The van der Waals surface area contributed by atoms with Crippen LogP contribution in [0.25, 0.3) is 11.6 Å². The molecule has 0 heterocycles. The Morgan fingerprint density at radius 1 is 0.967 bits per heavy atom. The summed E-state index contributed by atoms with van der Waals surface area (Å²) in [5, 5.41) is 9.65. The number of benzene rings is 3. The Morgan fingerprint density at radius 2 is 1.60 bits per heavy atom. The van der Waals surface area contributed by atoms with Gasteiger partial charge in [0.25, 0.3) is 0 Å². The molecule has 3 aromatic carbocycles. The lowest BCUT2D eigenvalue weighted by Gasteiger charge is -2.15. The van der Waals surface area contributed by atoms with E-state index in [0.717, 1.165) is 26.7 Å².